The van der Waals surface area contributed by atoms with E-state index in [-0.39, 0.29) is 35.5 Å². The normalized spacial score (nSPS) is 23.9. The summed E-state index contributed by atoms with van der Waals surface area (Å²) in [5.74, 6) is -1.94. The molecule has 138 valence electrons. The zero-order valence-corrected chi connectivity index (χ0v) is 18.5. The Kier molecular flexibility index (Phi) is 8.84. The van der Waals surface area contributed by atoms with Gasteiger partial charge in [0.2, 0.25) is 0 Å². The summed E-state index contributed by atoms with van der Waals surface area (Å²) >= 11 is 0. The van der Waals surface area contributed by atoms with Gasteiger partial charge in [-0.05, 0) is 56.4 Å². The van der Waals surface area contributed by atoms with E-state index in [1.54, 1.807) is 0 Å². The molecule has 1 aliphatic rings. The number of aryl methyl sites for hydroxylation is 1. The number of rotatable bonds is 8. The van der Waals surface area contributed by atoms with E-state index >= 15 is 0 Å². The molecule has 2 rings (SSSR count). The fraction of sp³-hybridized carbons (Fsp3) is 0.619. The zero-order chi connectivity index (χ0) is 18.5. The minimum atomic E-state index is -1.07. The summed E-state index contributed by atoms with van der Waals surface area (Å²) in [5.41, 5.74) is -0.0918. The second-order valence-corrected chi connectivity index (χ2v) is 7.90. The van der Waals surface area contributed by atoms with Crippen molar-refractivity contribution in [3.63, 3.8) is 0 Å². The van der Waals surface area contributed by atoms with Gasteiger partial charge in [0.25, 0.3) is 0 Å². The topological polar surface area (TPSA) is 66.4 Å². The zero-order valence-electron chi connectivity index (χ0n) is 16.5. The van der Waals surface area contributed by atoms with Gasteiger partial charge >= 0.3 is 35.5 Å². The van der Waals surface area contributed by atoms with Crippen LogP contribution < -0.4 is 34.7 Å². The minimum Gasteiger partial charge on any atom is -0.550 e. The summed E-state index contributed by atoms with van der Waals surface area (Å²) in [6.07, 6.45) is 4.94. The number of aliphatic carboxylic acids is 1. The molecule has 1 aliphatic carbocycles. The Morgan fingerprint density at radius 1 is 1.12 bits per heavy atom. The van der Waals surface area contributed by atoms with E-state index in [0.29, 0.717) is 19.4 Å². The summed E-state index contributed by atoms with van der Waals surface area (Å²) in [5, 5.41) is 11.3. The van der Waals surface area contributed by atoms with Gasteiger partial charge in [0.15, 0.2) is 0 Å². The number of hydrogen-bond donors (Lipinski definition) is 0. The fourth-order valence-corrected chi connectivity index (χ4v) is 3.85. The molecule has 0 spiro atoms. The number of carbonyl (C=O) groups excluding carboxylic acids is 2. The first-order valence-corrected chi connectivity index (χ1v) is 9.21. The smallest absolute Gasteiger partial charge is 0.550 e. The van der Waals surface area contributed by atoms with Crippen molar-refractivity contribution < 1.29 is 49.0 Å². The first-order valence-electron chi connectivity index (χ1n) is 9.21. The molecule has 0 radical (unpaired) electrons. The summed E-state index contributed by atoms with van der Waals surface area (Å²) < 4.78 is 5.49. The van der Waals surface area contributed by atoms with E-state index in [4.69, 9.17) is 4.74 Å². The van der Waals surface area contributed by atoms with Crippen LogP contribution in [0.4, 0.5) is 0 Å². The van der Waals surface area contributed by atoms with Gasteiger partial charge in [-0.15, -0.1) is 0 Å². The first-order chi connectivity index (χ1) is 11.8. The van der Waals surface area contributed by atoms with Crippen LogP contribution in [0.3, 0.4) is 0 Å². The average Bonchev–Trinajstić information content (AvgIpc) is 2.82. The van der Waals surface area contributed by atoms with Crippen molar-refractivity contribution in [1.29, 1.82) is 0 Å². The van der Waals surface area contributed by atoms with Crippen LogP contribution in [0.5, 0.6) is 0 Å². The van der Waals surface area contributed by atoms with Gasteiger partial charge in [0.05, 0.1) is 12.0 Å². The molecule has 0 saturated heterocycles. The molecule has 4 nitrogen and oxygen atoms in total. The van der Waals surface area contributed by atoms with Crippen molar-refractivity contribution in [3.05, 3.63) is 35.9 Å². The van der Waals surface area contributed by atoms with E-state index in [9.17, 15) is 14.7 Å². The Morgan fingerprint density at radius 2 is 1.77 bits per heavy atom. The SMILES string of the molecule is CC1(C)[C@@H](C(=O)[O-])CC[C@@]1(C)C(=O)OCCCCCc1ccccc1.[Na+]. The number of carbonyl (C=O) groups is 2. The van der Waals surface area contributed by atoms with Crippen molar-refractivity contribution in [1.82, 2.24) is 0 Å². The predicted octanol–water partition coefficient (Wildman–Crippen LogP) is 0.139. The Balaban J connectivity index is 0.00000338. The molecule has 1 fully saturated rings. The first kappa shape index (κ1) is 23.2. The predicted molar refractivity (Wildman–Crippen MR) is 94.6 cm³/mol. The van der Waals surface area contributed by atoms with Crippen molar-refractivity contribution in [3.8, 4) is 0 Å². The van der Waals surface area contributed by atoms with Crippen LogP contribution in [-0.2, 0) is 20.7 Å². The van der Waals surface area contributed by atoms with Crippen molar-refractivity contribution >= 4 is 11.9 Å². The van der Waals surface area contributed by atoms with Gasteiger partial charge in [-0.25, -0.2) is 0 Å². The fourth-order valence-electron chi connectivity index (χ4n) is 3.85. The molecule has 0 unspecified atom stereocenters. The van der Waals surface area contributed by atoms with Gasteiger partial charge in [-0.3, -0.25) is 4.79 Å². The number of carboxylic acids is 1. The molecule has 2 atom stereocenters. The molecular formula is C21H29NaO4. The van der Waals surface area contributed by atoms with E-state index in [1.807, 2.05) is 39.0 Å². The van der Waals surface area contributed by atoms with Gasteiger partial charge in [0.1, 0.15) is 0 Å². The molecule has 26 heavy (non-hydrogen) atoms. The summed E-state index contributed by atoms with van der Waals surface area (Å²) in [4.78, 5) is 23.9. The molecule has 0 N–H and O–H groups in total. The number of hydrogen-bond acceptors (Lipinski definition) is 4. The minimum absolute atomic E-state index is 0. The van der Waals surface area contributed by atoms with Gasteiger partial charge in [-0.1, -0.05) is 44.2 Å². The third-order valence-electron chi connectivity index (χ3n) is 6.15. The number of benzene rings is 1. The second-order valence-electron chi connectivity index (χ2n) is 7.90. The van der Waals surface area contributed by atoms with Crippen LogP contribution in [0.2, 0.25) is 0 Å². The van der Waals surface area contributed by atoms with Crippen molar-refractivity contribution in [2.75, 3.05) is 6.61 Å². The van der Waals surface area contributed by atoms with Gasteiger partial charge in [0, 0.05) is 11.9 Å². The van der Waals surface area contributed by atoms with Gasteiger partial charge in [-0.2, -0.15) is 0 Å². The van der Waals surface area contributed by atoms with Crippen LogP contribution in [0, 0.1) is 16.7 Å². The molecule has 1 aromatic rings. The third-order valence-corrected chi connectivity index (χ3v) is 6.15. The summed E-state index contributed by atoms with van der Waals surface area (Å²) in [7, 11) is 0. The summed E-state index contributed by atoms with van der Waals surface area (Å²) in [6.45, 7) is 5.89. The van der Waals surface area contributed by atoms with E-state index in [0.717, 1.165) is 25.7 Å². The maximum atomic E-state index is 12.6. The quantitative estimate of drug-likeness (QED) is 0.372. The third kappa shape index (κ3) is 5.11. The van der Waals surface area contributed by atoms with Crippen LogP contribution in [0.1, 0.15) is 58.4 Å². The molecule has 0 heterocycles. The second kappa shape index (κ2) is 9.91. The molecule has 5 heteroatoms. The van der Waals surface area contributed by atoms with E-state index in [2.05, 4.69) is 12.1 Å². The molecule has 0 amide bonds. The Hall–Kier alpha value is -0.840. The number of unbranched alkanes of at least 4 members (excludes halogenated alkanes) is 2. The van der Waals surface area contributed by atoms with Crippen LogP contribution >= 0.6 is 0 Å². The van der Waals surface area contributed by atoms with Crippen LogP contribution in [-0.4, -0.2) is 18.5 Å². The maximum Gasteiger partial charge on any atom is 1.00 e. The van der Waals surface area contributed by atoms with Crippen molar-refractivity contribution in [2.24, 2.45) is 16.7 Å². The number of carboxylic acid groups (broad SMARTS) is 1. The van der Waals surface area contributed by atoms with Crippen molar-refractivity contribution in [2.45, 2.75) is 59.3 Å². The monoisotopic (exact) mass is 368 g/mol. The number of esters is 1. The standard InChI is InChI=1S/C21H30O4.Na/c1-20(2)17(18(22)23)13-14-21(20,3)19(24)25-15-9-5-8-12-16-10-6-4-7-11-16;/h4,6-7,10-11,17H,5,8-9,12-15H2,1-3H3,(H,22,23);/q;+1/p-1/t17-,21+;/m1./s1. The molecule has 0 aromatic heterocycles. The molecule has 0 aliphatic heterocycles. The van der Waals surface area contributed by atoms with Gasteiger partial charge < -0.3 is 14.6 Å². The molecule has 1 saturated carbocycles. The van der Waals surface area contributed by atoms with Crippen LogP contribution in [0.15, 0.2) is 30.3 Å². The van der Waals surface area contributed by atoms with E-state index in [1.165, 1.54) is 5.56 Å². The Bertz CT molecular complexity index is 599. The Labute approximate surface area is 179 Å². The molecule has 0 bridgehead atoms. The van der Waals surface area contributed by atoms with E-state index < -0.39 is 22.7 Å². The van der Waals surface area contributed by atoms with Crippen LogP contribution in [0.25, 0.3) is 0 Å². The maximum absolute atomic E-state index is 12.6. The number of ether oxygens (including phenoxy) is 1. The molecule has 1 aromatic carbocycles. The average molecular weight is 368 g/mol. The Morgan fingerprint density at radius 3 is 2.35 bits per heavy atom. The molecular weight excluding hydrogens is 339 g/mol. The summed E-state index contributed by atoms with van der Waals surface area (Å²) in [6, 6.07) is 10.3. The largest absolute Gasteiger partial charge is 1.00 e.